The summed E-state index contributed by atoms with van der Waals surface area (Å²) in [6.45, 7) is 3.65. The van der Waals surface area contributed by atoms with E-state index in [1.807, 2.05) is 48.5 Å². The first-order valence-electron chi connectivity index (χ1n) is 6.62. The van der Waals surface area contributed by atoms with Gasteiger partial charge in [0, 0.05) is 11.1 Å². The van der Waals surface area contributed by atoms with Gasteiger partial charge in [-0.05, 0) is 11.1 Å². The molecule has 0 radical (unpaired) electrons. The van der Waals surface area contributed by atoms with Gasteiger partial charge < -0.3 is 4.74 Å². The van der Waals surface area contributed by atoms with E-state index in [0.29, 0.717) is 0 Å². The van der Waals surface area contributed by atoms with Gasteiger partial charge in [-0.1, -0.05) is 61.2 Å². The first kappa shape index (κ1) is 13.1. The molecule has 0 fully saturated rings. The number of amides is 1. The molecule has 2 aromatic carbocycles. The predicted octanol–water partition coefficient (Wildman–Crippen LogP) is 3.33. The molecule has 1 aliphatic carbocycles. The second-order valence-electron chi connectivity index (χ2n) is 4.55. The van der Waals surface area contributed by atoms with Gasteiger partial charge in [0.15, 0.2) is 0 Å². The molecule has 4 heteroatoms. The number of carbonyl (C=O) groups is 1. The van der Waals surface area contributed by atoms with Crippen molar-refractivity contribution in [3.05, 3.63) is 72.3 Å². The van der Waals surface area contributed by atoms with Gasteiger partial charge in [-0.3, -0.25) is 0 Å². The zero-order valence-corrected chi connectivity index (χ0v) is 11.4. The van der Waals surface area contributed by atoms with Crippen LogP contribution < -0.4 is 5.43 Å². The van der Waals surface area contributed by atoms with Gasteiger partial charge in [0.05, 0.1) is 5.71 Å². The molecular weight excluding hydrogens is 264 g/mol. The number of ether oxygens (including phenoxy) is 1. The Morgan fingerprint density at radius 1 is 1.05 bits per heavy atom. The van der Waals surface area contributed by atoms with Crippen LogP contribution >= 0.6 is 0 Å². The number of hydrazone groups is 1. The lowest BCUT2D eigenvalue weighted by molar-refractivity contribution is 0.159. The molecule has 0 heterocycles. The summed E-state index contributed by atoms with van der Waals surface area (Å²) in [7, 11) is 0. The molecule has 0 aromatic heterocycles. The average Bonchev–Trinajstić information content (AvgIpc) is 2.85. The maximum atomic E-state index is 11.5. The summed E-state index contributed by atoms with van der Waals surface area (Å²) >= 11 is 0. The molecule has 0 saturated heterocycles. The average molecular weight is 278 g/mol. The summed E-state index contributed by atoms with van der Waals surface area (Å²) in [5.41, 5.74) is 7.41. The Morgan fingerprint density at radius 2 is 1.57 bits per heavy atom. The number of nitrogens with one attached hydrogen (secondary N) is 1. The fourth-order valence-corrected chi connectivity index (χ4v) is 2.38. The Morgan fingerprint density at radius 3 is 2.10 bits per heavy atom. The molecule has 1 N–H and O–H groups in total. The number of fused-ring (bicyclic) bond motifs is 3. The van der Waals surface area contributed by atoms with Crippen molar-refractivity contribution in [3.63, 3.8) is 0 Å². The first-order valence-corrected chi connectivity index (χ1v) is 6.62. The highest BCUT2D eigenvalue weighted by Crippen LogP contribution is 2.36. The lowest BCUT2D eigenvalue weighted by Gasteiger charge is -2.03. The highest BCUT2D eigenvalue weighted by molar-refractivity contribution is 6.24. The molecule has 1 aliphatic rings. The van der Waals surface area contributed by atoms with Crippen LogP contribution in [-0.4, -0.2) is 18.4 Å². The summed E-state index contributed by atoms with van der Waals surface area (Å²) in [6.07, 6.45) is 0.914. The Kier molecular flexibility index (Phi) is 3.51. The van der Waals surface area contributed by atoms with E-state index in [2.05, 4.69) is 17.1 Å². The van der Waals surface area contributed by atoms with E-state index in [-0.39, 0.29) is 6.61 Å². The van der Waals surface area contributed by atoms with Gasteiger partial charge in [0.25, 0.3) is 0 Å². The maximum Gasteiger partial charge on any atom is 0.428 e. The summed E-state index contributed by atoms with van der Waals surface area (Å²) in [4.78, 5) is 11.5. The van der Waals surface area contributed by atoms with Crippen molar-refractivity contribution in [2.75, 3.05) is 6.61 Å². The Labute approximate surface area is 122 Å². The fraction of sp³-hybridized carbons (Fsp3) is 0.0588. The van der Waals surface area contributed by atoms with Crippen LogP contribution in [0.15, 0.2) is 66.3 Å². The molecule has 4 nitrogen and oxygen atoms in total. The van der Waals surface area contributed by atoms with Gasteiger partial charge in [-0.2, -0.15) is 5.10 Å². The number of rotatable bonds is 3. The van der Waals surface area contributed by atoms with Gasteiger partial charge in [-0.15, -0.1) is 0 Å². The number of hydrogen-bond donors (Lipinski definition) is 1. The summed E-state index contributed by atoms with van der Waals surface area (Å²) < 4.78 is 4.85. The molecule has 21 heavy (non-hydrogen) atoms. The maximum absolute atomic E-state index is 11.5. The number of benzene rings is 2. The van der Waals surface area contributed by atoms with Crippen LogP contribution in [0.1, 0.15) is 11.1 Å². The van der Waals surface area contributed by atoms with Crippen LogP contribution in [-0.2, 0) is 4.74 Å². The number of hydrogen-bond acceptors (Lipinski definition) is 3. The predicted molar refractivity (Wildman–Crippen MR) is 82.2 cm³/mol. The third-order valence-corrected chi connectivity index (χ3v) is 3.25. The minimum absolute atomic E-state index is 0.157. The summed E-state index contributed by atoms with van der Waals surface area (Å²) in [6, 6.07) is 16.0. The second-order valence-corrected chi connectivity index (χ2v) is 4.55. The van der Waals surface area contributed by atoms with Crippen LogP contribution in [0.2, 0.25) is 0 Å². The molecule has 3 rings (SSSR count). The van der Waals surface area contributed by atoms with E-state index in [1.165, 1.54) is 6.08 Å². The molecular formula is C17H14N2O2. The van der Waals surface area contributed by atoms with Crippen molar-refractivity contribution >= 4 is 11.8 Å². The van der Waals surface area contributed by atoms with Crippen LogP contribution in [0, 0.1) is 0 Å². The molecule has 0 spiro atoms. The van der Waals surface area contributed by atoms with Crippen molar-refractivity contribution in [2.24, 2.45) is 5.10 Å². The van der Waals surface area contributed by atoms with Gasteiger partial charge in [-0.25, -0.2) is 10.2 Å². The Bertz CT molecular complexity index is 688. The fourth-order valence-electron chi connectivity index (χ4n) is 2.38. The van der Waals surface area contributed by atoms with Crippen LogP contribution in [0.5, 0.6) is 0 Å². The molecule has 0 saturated carbocycles. The molecule has 104 valence electrons. The minimum Gasteiger partial charge on any atom is -0.444 e. The molecule has 0 atom stereocenters. The highest BCUT2D eigenvalue weighted by Gasteiger charge is 2.24. The van der Waals surface area contributed by atoms with E-state index in [0.717, 1.165) is 28.0 Å². The van der Waals surface area contributed by atoms with E-state index in [1.54, 1.807) is 0 Å². The van der Waals surface area contributed by atoms with Gasteiger partial charge >= 0.3 is 6.09 Å². The van der Waals surface area contributed by atoms with Crippen molar-refractivity contribution < 1.29 is 9.53 Å². The standard InChI is InChI=1S/C17H14N2O2/c1-2-11-21-17(20)19-18-16-14-9-5-3-7-12(14)13-8-4-6-10-15(13)16/h2-10H,1,11H2,(H,19,20). The minimum atomic E-state index is -0.593. The van der Waals surface area contributed by atoms with Crippen molar-refractivity contribution in [2.45, 2.75) is 0 Å². The topological polar surface area (TPSA) is 50.7 Å². The van der Waals surface area contributed by atoms with Gasteiger partial charge in [0.2, 0.25) is 0 Å². The molecule has 0 aliphatic heterocycles. The third-order valence-electron chi connectivity index (χ3n) is 3.25. The first-order chi connectivity index (χ1) is 10.3. The van der Waals surface area contributed by atoms with E-state index < -0.39 is 6.09 Å². The molecule has 0 unspecified atom stereocenters. The van der Waals surface area contributed by atoms with Crippen LogP contribution in [0.25, 0.3) is 11.1 Å². The normalized spacial score (nSPS) is 11.3. The quantitative estimate of drug-likeness (QED) is 0.590. The summed E-state index contributed by atoms with van der Waals surface area (Å²) in [5.74, 6) is 0. The van der Waals surface area contributed by atoms with Crippen LogP contribution in [0.4, 0.5) is 4.79 Å². The van der Waals surface area contributed by atoms with Crippen molar-refractivity contribution in [1.29, 1.82) is 0 Å². The van der Waals surface area contributed by atoms with Crippen molar-refractivity contribution in [1.82, 2.24) is 5.43 Å². The van der Waals surface area contributed by atoms with E-state index >= 15 is 0 Å². The smallest absolute Gasteiger partial charge is 0.428 e. The van der Waals surface area contributed by atoms with Crippen LogP contribution in [0.3, 0.4) is 0 Å². The van der Waals surface area contributed by atoms with E-state index in [4.69, 9.17) is 4.74 Å². The summed E-state index contributed by atoms with van der Waals surface area (Å²) in [5, 5.41) is 4.22. The van der Waals surface area contributed by atoms with E-state index in [9.17, 15) is 4.79 Å². The second kappa shape index (κ2) is 5.63. The third kappa shape index (κ3) is 2.43. The number of carbonyl (C=O) groups excluding carboxylic acids is 1. The van der Waals surface area contributed by atoms with Gasteiger partial charge in [0.1, 0.15) is 6.61 Å². The largest absolute Gasteiger partial charge is 0.444 e. The Hall–Kier alpha value is -2.88. The lowest BCUT2D eigenvalue weighted by Crippen LogP contribution is -2.21. The molecule has 0 bridgehead atoms. The highest BCUT2D eigenvalue weighted by atomic mass is 16.5. The monoisotopic (exact) mass is 278 g/mol. The lowest BCUT2D eigenvalue weighted by atomic mass is 10.1. The SMILES string of the molecule is C=CCOC(=O)NN=C1c2ccccc2-c2ccccc21. The Balaban J connectivity index is 1.95. The molecule has 2 aromatic rings. The zero-order valence-electron chi connectivity index (χ0n) is 11.4. The number of nitrogens with zero attached hydrogens (tertiary/aromatic N) is 1. The molecule has 1 amide bonds. The van der Waals surface area contributed by atoms with Crippen molar-refractivity contribution in [3.8, 4) is 11.1 Å². The zero-order chi connectivity index (χ0) is 14.7.